The molecule has 2 amide bonds. The number of aliphatic hydroxyl groups is 1. The topological polar surface area (TPSA) is 77.7 Å². The first-order chi connectivity index (χ1) is 11.2. The second kappa shape index (κ2) is 9.57. The number of furan rings is 1. The van der Waals surface area contributed by atoms with E-state index in [0.717, 1.165) is 25.3 Å². The van der Waals surface area contributed by atoms with Crippen LogP contribution in [0.25, 0.3) is 0 Å². The molecule has 2 heterocycles. The summed E-state index contributed by atoms with van der Waals surface area (Å²) in [5.41, 5.74) is 0. The molecule has 1 saturated heterocycles. The maximum atomic E-state index is 11.9. The highest BCUT2D eigenvalue weighted by atomic mass is 16.3. The van der Waals surface area contributed by atoms with Crippen molar-refractivity contribution in [3.05, 3.63) is 24.2 Å². The summed E-state index contributed by atoms with van der Waals surface area (Å²) in [5, 5.41) is 15.3. The summed E-state index contributed by atoms with van der Waals surface area (Å²) >= 11 is 0. The van der Waals surface area contributed by atoms with Gasteiger partial charge in [-0.15, -0.1) is 0 Å². The van der Waals surface area contributed by atoms with E-state index in [1.54, 1.807) is 6.26 Å². The summed E-state index contributed by atoms with van der Waals surface area (Å²) in [6, 6.07) is 3.67. The van der Waals surface area contributed by atoms with Gasteiger partial charge in [0.1, 0.15) is 5.76 Å². The SMILES string of the molecule is CCCC(O)CNC(=O)NCC(c1ccco1)N1CCCCC1. The molecule has 1 aromatic rings. The van der Waals surface area contributed by atoms with E-state index in [2.05, 4.69) is 15.5 Å². The number of carbonyl (C=O) groups is 1. The number of urea groups is 1. The van der Waals surface area contributed by atoms with Crippen LogP contribution in [-0.4, -0.2) is 48.3 Å². The minimum absolute atomic E-state index is 0.0663. The van der Waals surface area contributed by atoms with Crippen LogP contribution in [0, 0.1) is 0 Å². The second-order valence-corrected chi connectivity index (χ2v) is 6.16. The molecule has 0 aromatic carbocycles. The van der Waals surface area contributed by atoms with Crippen LogP contribution in [0.2, 0.25) is 0 Å². The second-order valence-electron chi connectivity index (χ2n) is 6.16. The van der Waals surface area contributed by atoms with Crippen LogP contribution in [0.3, 0.4) is 0 Å². The van der Waals surface area contributed by atoms with Gasteiger partial charge in [-0.25, -0.2) is 4.79 Å². The lowest BCUT2D eigenvalue weighted by Gasteiger charge is -2.33. The number of hydrogen-bond acceptors (Lipinski definition) is 4. The Balaban J connectivity index is 1.82. The Bertz CT molecular complexity index is 444. The molecular formula is C17H29N3O3. The summed E-state index contributed by atoms with van der Waals surface area (Å²) in [5.74, 6) is 0.887. The largest absolute Gasteiger partial charge is 0.468 e. The minimum atomic E-state index is -0.478. The van der Waals surface area contributed by atoms with E-state index in [0.29, 0.717) is 13.0 Å². The van der Waals surface area contributed by atoms with Crippen molar-refractivity contribution >= 4 is 6.03 Å². The molecule has 0 radical (unpaired) electrons. The van der Waals surface area contributed by atoms with Crippen molar-refractivity contribution in [1.29, 1.82) is 0 Å². The summed E-state index contributed by atoms with van der Waals surface area (Å²) < 4.78 is 5.56. The zero-order valence-electron chi connectivity index (χ0n) is 14.0. The van der Waals surface area contributed by atoms with Gasteiger partial charge in [0, 0.05) is 13.1 Å². The number of rotatable bonds is 8. The van der Waals surface area contributed by atoms with E-state index >= 15 is 0 Å². The fourth-order valence-electron chi connectivity index (χ4n) is 3.02. The van der Waals surface area contributed by atoms with E-state index in [1.807, 2.05) is 19.1 Å². The first kappa shape index (κ1) is 17.8. The predicted molar refractivity (Wildman–Crippen MR) is 89.2 cm³/mol. The van der Waals surface area contributed by atoms with Crippen molar-refractivity contribution < 1.29 is 14.3 Å². The summed E-state index contributed by atoms with van der Waals surface area (Å²) in [6.07, 6.45) is 6.44. The Morgan fingerprint density at radius 3 is 2.70 bits per heavy atom. The smallest absolute Gasteiger partial charge is 0.314 e. The average Bonchev–Trinajstić information content (AvgIpc) is 3.09. The number of aliphatic hydroxyl groups excluding tert-OH is 1. The molecule has 0 spiro atoms. The first-order valence-electron chi connectivity index (χ1n) is 8.68. The fourth-order valence-corrected chi connectivity index (χ4v) is 3.02. The summed E-state index contributed by atoms with van der Waals surface area (Å²) in [6.45, 7) is 4.86. The predicted octanol–water partition coefficient (Wildman–Crippen LogP) is 2.27. The van der Waals surface area contributed by atoms with Gasteiger partial charge in [0.15, 0.2) is 0 Å². The van der Waals surface area contributed by atoms with E-state index < -0.39 is 6.10 Å². The van der Waals surface area contributed by atoms with Crippen LogP contribution < -0.4 is 10.6 Å². The van der Waals surface area contributed by atoms with Gasteiger partial charge in [0.05, 0.1) is 18.4 Å². The highest BCUT2D eigenvalue weighted by Gasteiger charge is 2.24. The van der Waals surface area contributed by atoms with Gasteiger partial charge in [-0.2, -0.15) is 0 Å². The number of carbonyl (C=O) groups excluding carboxylic acids is 1. The van der Waals surface area contributed by atoms with Crippen LogP contribution in [0.5, 0.6) is 0 Å². The maximum Gasteiger partial charge on any atom is 0.314 e. The number of amides is 2. The molecular weight excluding hydrogens is 294 g/mol. The molecule has 1 fully saturated rings. The van der Waals surface area contributed by atoms with Crippen molar-refractivity contribution in [2.75, 3.05) is 26.2 Å². The van der Waals surface area contributed by atoms with Crippen molar-refractivity contribution in [2.45, 2.75) is 51.2 Å². The highest BCUT2D eigenvalue weighted by molar-refractivity contribution is 5.73. The highest BCUT2D eigenvalue weighted by Crippen LogP contribution is 2.24. The molecule has 2 atom stereocenters. The Morgan fingerprint density at radius 2 is 2.04 bits per heavy atom. The van der Waals surface area contributed by atoms with Gasteiger partial charge in [-0.1, -0.05) is 19.8 Å². The number of likely N-dealkylation sites (tertiary alicyclic amines) is 1. The van der Waals surface area contributed by atoms with E-state index in [9.17, 15) is 9.90 Å². The van der Waals surface area contributed by atoms with Gasteiger partial charge in [0.25, 0.3) is 0 Å². The normalized spacial score (nSPS) is 18.3. The zero-order chi connectivity index (χ0) is 16.5. The van der Waals surface area contributed by atoms with E-state index in [-0.39, 0.29) is 18.6 Å². The molecule has 130 valence electrons. The minimum Gasteiger partial charge on any atom is -0.468 e. The third-order valence-electron chi connectivity index (χ3n) is 4.28. The summed E-state index contributed by atoms with van der Waals surface area (Å²) in [4.78, 5) is 14.3. The third kappa shape index (κ3) is 5.88. The van der Waals surface area contributed by atoms with Crippen molar-refractivity contribution in [1.82, 2.24) is 15.5 Å². The molecule has 0 bridgehead atoms. The van der Waals surface area contributed by atoms with E-state index in [1.165, 1.54) is 19.3 Å². The maximum absolute atomic E-state index is 11.9. The molecule has 1 aliphatic rings. The van der Waals surface area contributed by atoms with Crippen LogP contribution in [0.15, 0.2) is 22.8 Å². The lowest BCUT2D eigenvalue weighted by Crippen LogP contribution is -2.45. The monoisotopic (exact) mass is 323 g/mol. The quantitative estimate of drug-likeness (QED) is 0.686. The fraction of sp³-hybridized carbons (Fsp3) is 0.706. The van der Waals surface area contributed by atoms with Crippen LogP contribution >= 0.6 is 0 Å². The molecule has 3 N–H and O–H groups in total. The number of nitrogens with one attached hydrogen (secondary N) is 2. The van der Waals surface area contributed by atoms with Gasteiger partial charge in [0.2, 0.25) is 0 Å². The zero-order valence-corrected chi connectivity index (χ0v) is 14.0. The molecule has 1 aliphatic heterocycles. The summed E-state index contributed by atoms with van der Waals surface area (Å²) in [7, 11) is 0. The molecule has 23 heavy (non-hydrogen) atoms. The Labute approximate surface area is 138 Å². The molecule has 0 saturated carbocycles. The number of hydrogen-bond donors (Lipinski definition) is 3. The molecule has 0 aliphatic carbocycles. The van der Waals surface area contributed by atoms with E-state index in [4.69, 9.17) is 4.42 Å². The van der Waals surface area contributed by atoms with Crippen LogP contribution in [-0.2, 0) is 0 Å². The lowest BCUT2D eigenvalue weighted by atomic mass is 10.1. The molecule has 2 unspecified atom stereocenters. The molecule has 6 nitrogen and oxygen atoms in total. The van der Waals surface area contributed by atoms with Crippen molar-refractivity contribution in [2.24, 2.45) is 0 Å². The van der Waals surface area contributed by atoms with Gasteiger partial charge < -0.3 is 20.2 Å². The van der Waals surface area contributed by atoms with Crippen LogP contribution in [0.4, 0.5) is 4.79 Å². The molecule has 2 rings (SSSR count). The van der Waals surface area contributed by atoms with Crippen molar-refractivity contribution in [3.63, 3.8) is 0 Å². The van der Waals surface area contributed by atoms with Gasteiger partial charge in [-0.3, -0.25) is 4.90 Å². The molecule has 1 aromatic heterocycles. The van der Waals surface area contributed by atoms with Gasteiger partial charge in [-0.05, 0) is 44.5 Å². The third-order valence-corrected chi connectivity index (χ3v) is 4.28. The number of piperidine rings is 1. The Hall–Kier alpha value is -1.53. The van der Waals surface area contributed by atoms with Gasteiger partial charge >= 0.3 is 6.03 Å². The molecule has 6 heteroatoms. The first-order valence-corrected chi connectivity index (χ1v) is 8.68. The number of nitrogens with zero attached hydrogens (tertiary/aromatic N) is 1. The Kier molecular flexibility index (Phi) is 7.42. The van der Waals surface area contributed by atoms with Crippen LogP contribution in [0.1, 0.15) is 50.8 Å². The standard InChI is InChI=1S/C17H29N3O3/c1-2-7-14(21)12-18-17(22)19-13-15(16-8-6-11-23-16)20-9-4-3-5-10-20/h6,8,11,14-15,21H,2-5,7,9-10,12-13H2,1H3,(H2,18,19,22). The Morgan fingerprint density at radius 1 is 1.30 bits per heavy atom. The van der Waals surface area contributed by atoms with Crippen molar-refractivity contribution in [3.8, 4) is 0 Å². The lowest BCUT2D eigenvalue weighted by molar-refractivity contribution is 0.141. The average molecular weight is 323 g/mol.